The molecule has 0 aromatic heterocycles. The van der Waals surface area contributed by atoms with Gasteiger partial charge in [-0.1, -0.05) is 0 Å². The molecule has 1 fully saturated rings. The molecule has 2 aromatic rings. The molecule has 26 heavy (non-hydrogen) atoms. The molecule has 1 aliphatic rings. The van der Waals surface area contributed by atoms with Gasteiger partial charge in [0.05, 0.1) is 5.69 Å². The monoisotopic (exact) mass is 359 g/mol. The molecule has 136 valence electrons. The maximum Gasteiger partial charge on any atom is 0.415 e. The Labute approximate surface area is 150 Å². The Hall–Kier alpha value is -2.80. The minimum Gasteiger partial charge on any atom is -0.410 e. The van der Waals surface area contributed by atoms with Crippen LogP contribution in [0.4, 0.5) is 19.3 Å². The van der Waals surface area contributed by atoms with Crippen molar-refractivity contribution in [2.24, 2.45) is 4.99 Å². The number of carbonyl (C=O) groups is 1. The summed E-state index contributed by atoms with van der Waals surface area (Å²) in [6.45, 7) is 2.73. The number of halogens is 2. The second-order valence-electron chi connectivity index (χ2n) is 6.08. The van der Waals surface area contributed by atoms with E-state index in [2.05, 4.69) is 9.89 Å². The summed E-state index contributed by atoms with van der Waals surface area (Å²) in [5.74, 6) is -0.772. The number of benzene rings is 2. The van der Waals surface area contributed by atoms with Crippen LogP contribution in [0.5, 0.6) is 5.75 Å². The fourth-order valence-electron chi connectivity index (χ4n) is 2.50. The number of aliphatic imine (C=N–C) groups is 1. The van der Waals surface area contributed by atoms with Gasteiger partial charge in [-0.05, 0) is 43.4 Å². The highest BCUT2D eigenvalue weighted by Crippen LogP contribution is 2.18. The lowest BCUT2D eigenvalue weighted by Crippen LogP contribution is -2.48. The number of rotatable bonds is 3. The molecule has 0 N–H and O–H groups in total. The summed E-state index contributed by atoms with van der Waals surface area (Å²) in [5, 5.41) is 0. The first-order valence-corrected chi connectivity index (χ1v) is 8.26. The van der Waals surface area contributed by atoms with Crippen LogP contribution in [-0.4, -0.2) is 55.3 Å². The van der Waals surface area contributed by atoms with Crippen molar-refractivity contribution in [3.8, 4) is 5.75 Å². The quantitative estimate of drug-likeness (QED) is 0.789. The van der Waals surface area contributed by atoms with E-state index in [-0.39, 0.29) is 17.1 Å². The van der Waals surface area contributed by atoms with Crippen molar-refractivity contribution < 1.29 is 18.3 Å². The molecule has 0 bridgehead atoms. The molecule has 0 radical (unpaired) electrons. The van der Waals surface area contributed by atoms with Gasteiger partial charge in [0, 0.05) is 44.0 Å². The number of hydrogen-bond acceptors (Lipinski definition) is 4. The Bertz CT molecular complexity index is 801. The molecule has 0 saturated carbocycles. The number of hydrogen-bond donors (Lipinski definition) is 0. The Morgan fingerprint density at radius 3 is 2.42 bits per heavy atom. The predicted octanol–water partition coefficient (Wildman–Crippen LogP) is 3.46. The van der Waals surface area contributed by atoms with Crippen LogP contribution < -0.4 is 4.74 Å². The van der Waals surface area contributed by atoms with E-state index in [0.717, 1.165) is 19.2 Å². The first kappa shape index (κ1) is 18.0. The lowest BCUT2D eigenvalue weighted by Gasteiger charge is -2.31. The van der Waals surface area contributed by atoms with E-state index in [1.165, 1.54) is 42.6 Å². The van der Waals surface area contributed by atoms with Crippen LogP contribution in [-0.2, 0) is 0 Å². The number of amides is 1. The molecular weight excluding hydrogens is 340 g/mol. The molecule has 3 rings (SSSR count). The minimum absolute atomic E-state index is 0.144. The van der Waals surface area contributed by atoms with Crippen LogP contribution in [0, 0.1) is 11.6 Å². The fraction of sp³-hybridized carbons (Fsp3) is 0.263. The van der Waals surface area contributed by atoms with E-state index in [1.54, 1.807) is 4.90 Å². The second-order valence-corrected chi connectivity index (χ2v) is 6.08. The highest BCUT2D eigenvalue weighted by atomic mass is 19.1. The third-order valence-electron chi connectivity index (χ3n) is 4.12. The first-order chi connectivity index (χ1) is 12.5. The van der Waals surface area contributed by atoms with E-state index in [9.17, 15) is 13.6 Å². The molecule has 0 atom stereocenters. The Balaban J connectivity index is 1.63. The molecule has 2 aromatic carbocycles. The summed E-state index contributed by atoms with van der Waals surface area (Å²) in [6, 6.07) is 9.71. The number of likely N-dealkylation sites (N-methyl/N-ethyl adjacent to an activating group) is 1. The van der Waals surface area contributed by atoms with Crippen molar-refractivity contribution in [3.05, 3.63) is 59.7 Å². The SMILES string of the molecule is CN1CCN(C(=O)Oc2ccc(C=Nc3ccc(F)cc3)c(F)c2)CC1. The zero-order chi connectivity index (χ0) is 18.5. The van der Waals surface area contributed by atoms with E-state index in [0.29, 0.717) is 18.8 Å². The van der Waals surface area contributed by atoms with Gasteiger partial charge < -0.3 is 14.5 Å². The molecule has 1 heterocycles. The average molecular weight is 359 g/mol. The summed E-state index contributed by atoms with van der Waals surface area (Å²) in [5.41, 5.74) is 0.755. The van der Waals surface area contributed by atoms with Crippen LogP contribution in [0.2, 0.25) is 0 Å². The smallest absolute Gasteiger partial charge is 0.410 e. The van der Waals surface area contributed by atoms with Crippen molar-refractivity contribution >= 4 is 18.0 Å². The molecule has 1 amide bonds. The number of nitrogens with zero attached hydrogens (tertiary/aromatic N) is 3. The van der Waals surface area contributed by atoms with Crippen molar-refractivity contribution in [2.75, 3.05) is 33.2 Å². The molecule has 0 spiro atoms. The third kappa shape index (κ3) is 4.64. The standard InChI is InChI=1S/C19H19F2N3O2/c1-23-8-10-24(11-9-23)19(25)26-17-7-2-14(18(21)12-17)13-22-16-5-3-15(20)4-6-16/h2-7,12-13H,8-11H2,1H3. The summed E-state index contributed by atoms with van der Waals surface area (Å²) in [4.78, 5) is 19.9. The number of carbonyl (C=O) groups excluding carboxylic acids is 1. The molecule has 0 unspecified atom stereocenters. The predicted molar refractivity (Wildman–Crippen MR) is 95.1 cm³/mol. The summed E-state index contributed by atoms with van der Waals surface area (Å²) in [6.07, 6.45) is 0.861. The highest BCUT2D eigenvalue weighted by molar-refractivity contribution is 5.82. The van der Waals surface area contributed by atoms with Crippen LogP contribution in [0.25, 0.3) is 0 Å². The van der Waals surface area contributed by atoms with Crippen molar-refractivity contribution in [1.82, 2.24) is 9.80 Å². The molecule has 1 saturated heterocycles. The maximum absolute atomic E-state index is 14.2. The van der Waals surface area contributed by atoms with Gasteiger partial charge in [-0.25, -0.2) is 13.6 Å². The Morgan fingerprint density at radius 1 is 1.08 bits per heavy atom. The second kappa shape index (κ2) is 8.05. The Morgan fingerprint density at radius 2 is 1.77 bits per heavy atom. The van der Waals surface area contributed by atoms with E-state index < -0.39 is 11.9 Å². The van der Waals surface area contributed by atoms with E-state index >= 15 is 0 Å². The summed E-state index contributed by atoms with van der Waals surface area (Å²) >= 11 is 0. The topological polar surface area (TPSA) is 45.1 Å². The summed E-state index contributed by atoms with van der Waals surface area (Å²) < 4.78 is 32.3. The van der Waals surface area contributed by atoms with Crippen molar-refractivity contribution in [3.63, 3.8) is 0 Å². The zero-order valence-electron chi connectivity index (χ0n) is 14.4. The third-order valence-corrected chi connectivity index (χ3v) is 4.12. The van der Waals surface area contributed by atoms with Gasteiger partial charge in [-0.15, -0.1) is 0 Å². The van der Waals surface area contributed by atoms with Gasteiger partial charge >= 0.3 is 6.09 Å². The summed E-state index contributed by atoms with van der Waals surface area (Å²) in [7, 11) is 1.99. The van der Waals surface area contributed by atoms with Crippen molar-refractivity contribution in [2.45, 2.75) is 0 Å². The number of piperazine rings is 1. The van der Waals surface area contributed by atoms with Gasteiger partial charge in [0.15, 0.2) is 0 Å². The van der Waals surface area contributed by atoms with E-state index in [4.69, 9.17) is 4.74 Å². The van der Waals surface area contributed by atoms with Gasteiger partial charge in [-0.2, -0.15) is 0 Å². The lowest BCUT2D eigenvalue weighted by atomic mass is 10.2. The molecule has 7 heteroatoms. The minimum atomic E-state index is -0.556. The van der Waals surface area contributed by atoms with Crippen LogP contribution >= 0.6 is 0 Å². The van der Waals surface area contributed by atoms with Crippen LogP contribution in [0.15, 0.2) is 47.5 Å². The van der Waals surface area contributed by atoms with Crippen LogP contribution in [0.3, 0.4) is 0 Å². The first-order valence-electron chi connectivity index (χ1n) is 8.26. The van der Waals surface area contributed by atoms with Gasteiger partial charge in [0.1, 0.15) is 17.4 Å². The maximum atomic E-state index is 14.2. The molecule has 0 aliphatic carbocycles. The van der Waals surface area contributed by atoms with Gasteiger partial charge in [0.2, 0.25) is 0 Å². The van der Waals surface area contributed by atoms with Gasteiger partial charge in [-0.3, -0.25) is 4.99 Å². The van der Waals surface area contributed by atoms with E-state index in [1.807, 2.05) is 7.05 Å². The van der Waals surface area contributed by atoms with Gasteiger partial charge in [0.25, 0.3) is 0 Å². The molecule has 1 aliphatic heterocycles. The van der Waals surface area contributed by atoms with Crippen molar-refractivity contribution in [1.29, 1.82) is 0 Å². The fourth-order valence-corrected chi connectivity index (χ4v) is 2.50. The molecule has 5 nitrogen and oxygen atoms in total. The zero-order valence-corrected chi connectivity index (χ0v) is 14.4. The lowest BCUT2D eigenvalue weighted by molar-refractivity contribution is 0.120. The van der Waals surface area contributed by atoms with Crippen LogP contribution in [0.1, 0.15) is 5.56 Å². The number of ether oxygens (including phenoxy) is 1. The molecular formula is C19H19F2N3O2. The highest BCUT2D eigenvalue weighted by Gasteiger charge is 2.20. The average Bonchev–Trinajstić information content (AvgIpc) is 2.63. The largest absolute Gasteiger partial charge is 0.415 e. The Kier molecular flexibility index (Phi) is 5.58. The normalized spacial score (nSPS) is 15.4.